The van der Waals surface area contributed by atoms with Crippen LogP contribution >= 0.6 is 0 Å². The quantitative estimate of drug-likeness (QED) is 0.816. The van der Waals surface area contributed by atoms with Gasteiger partial charge in [-0.2, -0.15) is 0 Å². The number of hydrogen-bond acceptors (Lipinski definition) is 4. The van der Waals surface area contributed by atoms with Crippen molar-refractivity contribution in [1.82, 2.24) is 4.72 Å². The van der Waals surface area contributed by atoms with E-state index in [0.29, 0.717) is 25.3 Å². The van der Waals surface area contributed by atoms with Gasteiger partial charge in [-0.05, 0) is 37.5 Å². The number of hydrogen-bond donors (Lipinski definition) is 2. The lowest BCUT2D eigenvalue weighted by molar-refractivity contribution is 0.178. The summed E-state index contributed by atoms with van der Waals surface area (Å²) in [6, 6.07) is 4.87. The molecule has 0 bridgehead atoms. The van der Waals surface area contributed by atoms with Crippen molar-refractivity contribution in [2.75, 3.05) is 18.9 Å². The van der Waals surface area contributed by atoms with Crippen molar-refractivity contribution in [3.05, 3.63) is 23.8 Å². The van der Waals surface area contributed by atoms with Crippen LogP contribution in [0.3, 0.4) is 0 Å². The van der Waals surface area contributed by atoms with Crippen molar-refractivity contribution in [1.29, 1.82) is 0 Å². The van der Waals surface area contributed by atoms with Crippen molar-refractivity contribution in [3.63, 3.8) is 0 Å². The van der Waals surface area contributed by atoms with Crippen LogP contribution in [0.25, 0.3) is 0 Å². The number of benzene rings is 1. The van der Waals surface area contributed by atoms with E-state index in [4.69, 9.17) is 10.5 Å². The van der Waals surface area contributed by atoms with Crippen molar-refractivity contribution >= 4 is 15.7 Å². The zero-order chi connectivity index (χ0) is 14.1. The van der Waals surface area contributed by atoms with Crippen LogP contribution in [0.1, 0.15) is 25.8 Å². The van der Waals surface area contributed by atoms with Gasteiger partial charge in [0.05, 0.1) is 17.0 Å². The maximum Gasteiger partial charge on any atom is 0.241 e. The lowest BCUT2D eigenvalue weighted by atomic mass is 10.0. The Morgan fingerprint density at radius 1 is 1.47 bits per heavy atom. The molecule has 0 aliphatic carbocycles. The number of rotatable bonds is 4. The molecule has 2 rings (SSSR count). The van der Waals surface area contributed by atoms with Crippen LogP contribution in [0, 0.1) is 0 Å². The Balaban J connectivity index is 2.27. The molecule has 1 saturated heterocycles. The minimum Gasteiger partial charge on any atom is -0.398 e. The van der Waals surface area contributed by atoms with Gasteiger partial charge in [-0.15, -0.1) is 0 Å². The highest BCUT2D eigenvalue weighted by molar-refractivity contribution is 7.89. The van der Waals surface area contributed by atoms with Gasteiger partial charge in [0.15, 0.2) is 0 Å². The molecule has 1 atom stereocenters. The van der Waals surface area contributed by atoms with Crippen LogP contribution in [-0.2, 0) is 21.2 Å². The number of nitrogen functional groups attached to an aromatic ring is 1. The van der Waals surface area contributed by atoms with Gasteiger partial charge in [0.2, 0.25) is 10.0 Å². The van der Waals surface area contributed by atoms with Crippen LogP contribution in [0.4, 0.5) is 5.69 Å². The molecule has 0 aromatic heterocycles. The average molecular weight is 284 g/mol. The zero-order valence-corrected chi connectivity index (χ0v) is 12.1. The summed E-state index contributed by atoms with van der Waals surface area (Å²) in [7, 11) is -3.56. The van der Waals surface area contributed by atoms with Crippen molar-refractivity contribution in [3.8, 4) is 0 Å². The first-order chi connectivity index (χ1) is 8.86. The molecule has 1 fully saturated rings. The Morgan fingerprint density at radius 2 is 2.21 bits per heavy atom. The first-order valence-corrected chi connectivity index (χ1v) is 7.85. The number of aryl methyl sites for hydroxylation is 1. The molecule has 5 nitrogen and oxygen atoms in total. The number of sulfonamides is 1. The van der Waals surface area contributed by atoms with Gasteiger partial charge < -0.3 is 10.5 Å². The lowest BCUT2D eigenvalue weighted by Crippen LogP contribution is -2.46. The predicted octanol–water partition coefficient (Wildman–Crippen LogP) is 1.29. The first kappa shape index (κ1) is 14.3. The molecular formula is C13H20N2O3S. The number of anilines is 1. The summed E-state index contributed by atoms with van der Waals surface area (Å²) in [5.74, 6) is 0. The summed E-state index contributed by atoms with van der Waals surface area (Å²) in [6.07, 6.45) is 1.46. The van der Waals surface area contributed by atoms with Crippen LogP contribution in [0.5, 0.6) is 0 Å². The molecule has 19 heavy (non-hydrogen) atoms. The standard InChI is InChI=1S/C13H20N2O3S/c1-3-10-4-5-11(8-12(10)14)19(16,17)15-13(2)6-7-18-9-13/h4-5,8,15H,3,6-7,9,14H2,1-2H3. The average Bonchev–Trinajstić information content (AvgIpc) is 2.74. The zero-order valence-electron chi connectivity index (χ0n) is 11.3. The Hall–Kier alpha value is -1.11. The van der Waals surface area contributed by atoms with E-state index >= 15 is 0 Å². The van der Waals surface area contributed by atoms with Crippen molar-refractivity contribution in [2.24, 2.45) is 0 Å². The second kappa shape index (κ2) is 5.11. The van der Waals surface area contributed by atoms with Crippen LogP contribution < -0.4 is 10.5 Å². The van der Waals surface area contributed by atoms with Crippen molar-refractivity contribution < 1.29 is 13.2 Å². The molecule has 3 N–H and O–H groups in total. The fraction of sp³-hybridized carbons (Fsp3) is 0.538. The fourth-order valence-corrected chi connectivity index (χ4v) is 3.65. The van der Waals surface area contributed by atoms with E-state index in [1.165, 1.54) is 6.07 Å². The summed E-state index contributed by atoms with van der Waals surface area (Å²) < 4.78 is 32.6. The molecule has 1 heterocycles. The van der Waals surface area contributed by atoms with Crippen LogP contribution in [-0.4, -0.2) is 27.2 Å². The monoisotopic (exact) mass is 284 g/mol. The number of nitrogens with two attached hydrogens (primary N) is 1. The van der Waals surface area contributed by atoms with E-state index < -0.39 is 15.6 Å². The Morgan fingerprint density at radius 3 is 2.74 bits per heavy atom. The van der Waals surface area contributed by atoms with Gasteiger partial charge in [-0.3, -0.25) is 0 Å². The normalized spacial score (nSPS) is 23.7. The SMILES string of the molecule is CCc1ccc(S(=O)(=O)NC2(C)CCOC2)cc1N. The van der Waals surface area contributed by atoms with Crippen molar-refractivity contribution in [2.45, 2.75) is 37.1 Å². The fourth-order valence-electron chi connectivity index (χ4n) is 2.19. The number of ether oxygens (including phenoxy) is 1. The molecule has 0 saturated carbocycles. The molecular weight excluding hydrogens is 264 g/mol. The summed E-state index contributed by atoms with van der Waals surface area (Å²) in [4.78, 5) is 0.204. The van der Waals surface area contributed by atoms with Gasteiger partial charge in [0.25, 0.3) is 0 Å². The summed E-state index contributed by atoms with van der Waals surface area (Å²) in [5.41, 5.74) is 6.79. The third-order valence-corrected chi connectivity index (χ3v) is 5.04. The minimum absolute atomic E-state index is 0.204. The first-order valence-electron chi connectivity index (χ1n) is 6.36. The maximum absolute atomic E-state index is 12.3. The van der Waals surface area contributed by atoms with Gasteiger partial charge in [0.1, 0.15) is 0 Å². The molecule has 0 radical (unpaired) electrons. The summed E-state index contributed by atoms with van der Waals surface area (Å²) >= 11 is 0. The molecule has 1 aromatic rings. The van der Waals surface area contributed by atoms with Gasteiger partial charge >= 0.3 is 0 Å². The number of nitrogens with one attached hydrogen (secondary N) is 1. The third kappa shape index (κ3) is 3.08. The van der Waals surface area contributed by atoms with E-state index in [1.54, 1.807) is 12.1 Å². The maximum atomic E-state index is 12.3. The van der Waals surface area contributed by atoms with E-state index in [9.17, 15) is 8.42 Å². The van der Waals surface area contributed by atoms with Crippen LogP contribution in [0.15, 0.2) is 23.1 Å². The molecule has 1 aliphatic rings. The topological polar surface area (TPSA) is 81.4 Å². The smallest absolute Gasteiger partial charge is 0.241 e. The highest BCUT2D eigenvalue weighted by atomic mass is 32.2. The van der Waals surface area contributed by atoms with E-state index in [0.717, 1.165) is 12.0 Å². The summed E-state index contributed by atoms with van der Waals surface area (Å²) in [6.45, 7) is 4.81. The molecule has 106 valence electrons. The molecule has 0 spiro atoms. The Kier molecular flexibility index (Phi) is 3.85. The van der Waals surface area contributed by atoms with Crippen LogP contribution in [0.2, 0.25) is 0 Å². The molecule has 1 unspecified atom stereocenters. The third-order valence-electron chi connectivity index (χ3n) is 3.41. The summed E-state index contributed by atoms with van der Waals surface area (Å²) in [5, 5.41) is 0. The predicted molar refractivity (Wildman–Crippen MR) is 74.4 cm³/mol. The second-order valence-electron chi connectivity index (χ2n) is 5.18. The molecule has 0 amide bonds. The van der Waals surface area contributed by atoms with Gasteiger partial charge in [-0.1, -0.05) is 13.0 Å². The second-order valence-corrected chi connectivity index (χ2v) is 6.87. The minimum atomic E-state index is -3.56. The van der Waals surface area contributed by atoms with E-state index in [1.807, 2.05) is 13.8 Å². The van der Waals surface area contributed by atoms with E-state index in [-0.39, 0.29) is 4.90 Å². The Labute approximate surface area is 114 Å². The Bertz CT molecular complexity index is 563. The van der Waals surface area contributed by atoms with E-state index in [2.05, 4.69) is 4.72 Å². The highest BCUT2D eigenvalue weighted by Crippen LogP contribution is 2.23. The lowest BCUT2D eigenvalue weighted by Gasteiger charge is -2.23. The molecule has 6 heteroatoms. The van der Waals surface area contributed by atoms with Gasteiger partial charge in [0, 0.05) is 12.3 Å². The molecule has 1 aromatic carbocycles. The highest BCUT2D eigenvalue weighted by Gasteiger charge is 2.34. The van der Waals surface area contributed by atoms with Gasteiger partial charge in [-0.25, -0.2) is 13.1 Å². The largest absolute Gasteiger partial charge is 0.398 e. The molecule has 1 aliphatic heterocycles.